The van der Waals surface area contributed by atoms with Crippen LogP contribution in [-0.4, -0.2) is 48.2 Å². The van der Waals surface area contributed by atoms with Gasteiger partial charge >= 0.3 is 0 Å². The highest BCUT2D eigenvalue weighted by Gasteiger charge is 2.20. The van der Waals surface area contributed by atoms with Crippen LogP contribution in [0.3, 0.4) is 0 Å². The average Bonchev–Trinajstić information content (AvgIpc) is 3.29. The van der Waals surface area contributed by atoms with Crippen LogP contribution in [0.2, 0.25) is 0 Å². The second-order valence-corrected chi connectivity index (χ2v) is 8.10. The first kappa shape index (κ1) is 20.3. The summed E-state index contributed by atoms with van der Waals surface area (Å²) in [7, 11) is 1.70. The summed E-state index contributed by atoms with van der Waals surface area (Å²) in [4.78, 5) is 13.5. The first-order valence-electron chi connectivity index (χ1n) is 11.1. The monoisotopic (exact) mass is 424 g/mol. The number of imidazole rings is 1. The number of rotatable bonds is 6. The molecule has 1 aliphatic rings. The van der Waals surface area contributed by atoms with Gasteiger partial charge in [0.05, 0.1) is 25.0 Å². The molecule has 1 aliphatic heterocycles. The van der Waals surface area contributed by atoms with Gasteiger partial charge in [-0.25, -0.2) is 4.98 Å². The van der Waals surface area contributed by atoms with Crippen LogP contribution in [0, 0.1) is 0 Å². The van der Waals surface area contributed by atoms with Crippen LogP contribution in [0.15, 0.2) is 84.9 Å². The predicted molar refractivity (Wildman–Crippen MR) is 130 cm³/mol. The Hall–Kier alpha value is -3.57. The highest BCUT2D eigenvalue weighted by molar-refractivity contribution is 5.78. The van der Waals surface area contributed by atoms with Gasteiger partial charge in [-0.05, 0) is 24.3 Å². The summed E-state index contributed by atoms with van der Waals surface area (Å²) in [5.74, 6) is 1.91. The van der Waals surface area contributed by atoms with Crippen molar-refractivity contribution >= 4 is 5.69 Å². The van der Waals surface area contributed by atoms with E-state index in [1.807, 2.05) is 24.3 Å². The van der Waals surface area contributed by atoms with Crippen LogP contribution >= 0.6 is 0 Å². The van der Waals surface area contributed by atoms with Crippen LogP contribution in [0.5, 0.6) is 5.75 Å². The Morgan fingerprint density at radius 1 is 0.781 bits per heavy atom. The summed E-state index contributed by atoms with van der Waals surface area (Å²) < 4.78 is 5.28. The van der Waals surface area contributed by atoms with E-state index in [-0.39, 0.29) is 0 Å². The third-order valence-electron chi connectivity index (χ3n) is 6.05. The molecule has 0 radical (unpaired) electrons. The molecule has 0 spiro atoms. The van der Waals surface area contributed by atoms with Gasteiger partial charge in [0.15, 0.2) is 0 Å². The molecule has 5 heteroatoms. The Bertz CT molecular complexity index is 1070. The Morgan fingerprint density at radius 3 is 2.03 bits per heavy atom. The fourth-order valence-electron chi connectivity index (χ4n) is 4.28. The second-order valence-electron chi connectivity index (χ2n) is 8.10. The number of anilines is 1. The van der Waals surface area contributed by atoms with Gasteiger partial charge in [0.25, 0.3) is 0 Å². The number of hydrogen-bond acceptors (Lipinski definition) is 4. The Labute approximate surface area is 189 Å². The van der Waals surface area contributed by atoms with E-state index in [4.69, 9.17) is 9.72 Å². The number of H-pyrrole nitrogens is 1. The van der Waals surface area contributed by atoms with Crippen LogP contribution in [0.25, 0.3) is 22.5 Å². The molecular weight excluding hydrogens is 396 g/mol. The van der Waals surface area contributed by atoms with Crippen molar-refractivity contribution in [2.45, 2.75) is 6.54 Å². The van der Waals surface area contributed by atoms with Gasteiger partial charge in [0, 0.05) is 43.0 Å². The Balaban J connectivity index is 1.31. The number of hydrogen-bond donors (Lipinski definition) is 1. The first-order chi connectivity index (χ1) is 15.8. The van der Waals surface area contributed by atoms with Crippen LogP contribution < -0.4 is 9.64 Å². The van der Waals surface area contributed by atoms with E-state index in [9.17, 15) is 0 Å². The zero-order valence-electron chi connectivity index (χ0n) is 18.4. The molecule has 162 valence electrons. The molecule has 3 aromatic carbocycles. The lowest BCUT2D eigenvalue weighted by Crippen LogP contribution is -2.46. The summed E-state index contributed by atoms with van der Waals surface area (Å²) >= 11 is 0. The topological polar surface area (TPSA) is 44.4 Å². The number of aromatic amines is 1. The zero-order valence-corrected chi connectivity index (χ0v) is 18.4. The van der Waals surface area contributed by atoms with Crippen molar-refractivity contribution < 1.29 is 4.74 Å². The molecule has 0 bridgehead atoms. The molecule has 0 saturated carbocycles. The van der Waals surface area contributed by atoms with Gasteiger partial charge in [0.1, 0.15) is 11.6 Å². The van der Waals surface area contributed by atoms with Crippen molar-refractivity contribution in [3.8, 4) is 28.3 Å². The van der Waals surface area contributed by atoms with E-state index in [0.29, 0.717) is 0 Å². The summed E-state index contributed by atoms with van der Waals surface area (Å²) in [6.07, 6.45) is 0. The number of nitrogens with zero attached hydrogens (tertiary/aromatic N) is 3. The quantitative estimate of drug-likeness (QED) is 0.469. The molecule has 1 aromatic heterocycles. The zero-order chi connectivity index (χ0) is 21.8. The molecule has 5 rings (SSSR count). The third kappa shape index (κ3) is 4.39. The Kier molecular flexibility index (Phi) is 5.90. The van der Waals surface area contributed by atoms with Gasteiger partial charge in [-0.1, -0.05) is 60.7 Å². The van der Waals surface area contributed by atoms with Crippen molar-refractivity contribution in [3.63, 3.8) is 0 Å². The maximum absolute atomic E-state index is 5.28. The summed E-state index contributed by atoms with van der Waals surface area (Å²) in [5, 5.41) is 0. The van der Waals surface area contributed by atoms with Crippen molar-refractivity contribution in [1.82, 2.24) is 14.9 Å². The molecular formula is C27H28N4O. The molecule has 1 N–H and O–H groups in total. The second kappa shape index (κ2) is 9.28. The predicted octanol–water partition coefficient (Wildman–Crippen LogP) is 5.07. The average molecular weight is 425 g/mol. The Morgan fingerprint density at radius 2 is 1.41 bits per heavy atom. The SMILES string of the molecule is COc1ccc(N2CCN(Cc3nc(-c4ccccc4)c(-c4ccccc4)[nH]3)CC2)cc1. The number of methoxy groups -OCH3 is 1. The fraction of sp³-hybridized carbons (Fsp3) is 0.222. The van der Waals surface area contributed by atoms with E-state index < -0.39 is 0 Å². The number of ether oxygens (including phenoxy) is 1. The molecule has 0 unspecified atom stereocenters. The van der Waals surface area contributed by atoms with Crippen molar-refractivity contribution in [2.75, 3.05) is 38.2 Å². The molecule has 0 amide bonds. The lowest BCUT2D eigenvalue weighted by molar-refractivity contribution is 0.245. The highest BCUT2D eigenvalue weighted by Crippen LogP contribution is 2.30. The van der Waals surface area contributed by atoms with E-state index in [2.05, 4.69) is 75.4 Å². The lowest BCUT2D eigenvalue weighted by Gasteiger charge is -2.35. The van der Waals surface area contributed by atoms with Gasteiger partial charge in [-0.15, -0.1) is 0 Å². The van der Waals surface area contributed by atoms with Crippen LogP contribution in [0.4, 0.5) is 5.69 Å². The number of benzene rings is 3. The van der Waals surface area contributed by atoms with Gasteiger partial charge in [0.2, 0.25) is 0 Å². The minimum atomic E-state index is 0.823. The van der Waals surface area contributed by atoms with Crippen molar-refractivity contribution in [2.24, 2.45) is 0 Å². The van der Waals surface area contributed by atoms with Crippen LogP contribution in [-0.2, 0) is 6.54 Å². The van der Waals surface area contributed by atoms with E-state index in [1.165, 1.54) is 5.69 Å². The van der Waals surface area contributed by atoms with E-state index in [0.717, 1.165) is 66.8 Å². The minimum Gasteiger partial charge on any atom is -0.497 e. The molecule has 1 saturated heterocycles. The number of aromatic nitrogens is 2. The number of nitrogens with one attached hydrogen (secondary N) is 1. The smallest absolute Gasteiger partial charge is 0.121 e. The minimum absolute atomic E-state index is 0.823. The largest absolute Gasteiger partial charge is 0.497 e. The molecule has 0 aliphatic carbocycles. The normalized spacial score (nSPS) is 14.5. The molecule has 0 atom stereocenters. The maximum Gasteiger partial charge on any atom is 0.121 e. The molecule has 32 heavy (non-hydrogen) atoms. The fourth-order valence-corrected chi connectivity index (χ4v) is 4.28. The lowest BCUT2D eigenvalue weighted by atomic mass is 10.1. The molecule has 4 aromatic rings. The maximum atomic E-state index is 5.28. The summed E-state index contributed by atoms with van der Waals surface area (Å²) in [5.41, 5.74) is 5.65. The highest BCUT2D eigenvalue weighted by atomic mass is 16.5. The van der Waals surface area contributed by atoms with Crippen LogP contribution in [0.1, 0.15) is 5.82 Å². The molecule has 5 nitrogen and oxygen atoms in total. The number of piperazine rings is 1. The van der Waals surface area contributed by atoms with Gasteiger partial charge in [-0.2, -0.15) is 0 Å². The summed E-state index contributed by atoms with van der Waals surface area (Å²) in [6.45, 7) is 4.85. The summed E-state index contributed by atoms with van der Waals surface area (Å²) in [6, 6.07) is 29.2. The molecule has 1 fully saturated rings. The van der Waals surface area contributed by atoms with E-state index in [1.54, 1.807) is 7.11 Å². The van der Waals surface area contributed by atoms with E-state index >= 15 is 0 Å². The standard InChI is InChI=1S/C27H28N4O/c1-32-24-14-12-23(13-15-24)31-18-16-30(17-19-31)20-25-28-26(21-8-4-2-5-9-21)27(29-25)22-10-6-3-7-11-22/h2-15H,16-20H2,1H3,(H,28,29). The first-order valence-corrected chi connectivity index (χ1v) is 11.1. The van der Waals surface area contributed by atoms with Crippen molar-refractivity contribution in [3.05, 3.63) is 90.8 Å². The van der Waals surface area contributed by atoms with Gasteiger partial charge in [-0.3, -0.25) is 4.90 Å². The van der Waals surface area contributed by atoms with Gasteiger partial charge < -0.3 is 14.6 Å². The third-order valence-corrected chi connectivity index (χ3v) is 6.05. The molecule has 2 heterocycles. The van der Waals surface area contributed by atoms with Crippen molar-refractivity contribution in [1.29, 1.82) is 0 Å².